The summed E-state index contributed by atoms with van der Waals surface area (Å²) in [5.41, 5.74) is 1.45. The number of hydrogen-bond donors (Lipinski definition) is 1. The van der Waals surface area contributed by atoms with Crippen LogP contribution in [0.1, 0.15) is 12.5 Å². The summed E-state index contributed by atoms with van der Waals surface area (Å²) >= 11 is 6.10. The molecule has 5 heteroatoms. The molecule has 4 nitrogen and oxygen atoms in total. The fourth-order valence-corrected chi connectivity index (χ4v) is 2.64. The van der Waals surface area contributed by atoms with Crippen molar-refractivity contribution in [1.82, 2.24) is 0 Å². The molecule has 0 spiro atoms. The third-order valence-corrected chi connectivity index (χ3v) is 4.17. The number of carbonyl (C=O) groups excluding carboxylic acids is 1. The van der Waals surface area contributed by atoms with Crippen molar-refractivity contribution in [3.63, 3.8) is 0 Å². The van der Waals surface area contributed by atoms with Gasteiger partial charge in [-0.15, -0.1) is 0 Å². The Hall–Kier alpha value is -2.98. The molecule has 0 aliphatic rings. The van der Waals surface area contributed by atoms with Crippen LogP contribution in [-0.4, -0.2) is 12.0 Å². The van der Waals surface area contributed by atoms with Crippen molar-refractivity contribution >= 4 is 23.2 Å². The minimum atomic E-state index is -0.686. The largest absolute Gasteiger partial charge is 0.481 e. The standard InChI is InChI=1S/C22H20ClNO3/c1-15-8-6-7-11-20(15)26-16(2)22(25)24-19-14-17(23)12-13-21(19)27-18-9-4-3-5-10-18/h3-14,16H,1-2H3,(H,24,25)/t16-/m0/s1. The number of aryl methyl sites for hydroxylation is 1. The number of hydrogen-bond acceptors (Lipinski definition) is 3. The zero-order valence-corrected chi connectivity index (χ0v) is 15.9. The fourth-order valence-electron chi connectivity index (χ4n) is 2.47. The van der Waals surface area contributed by atoms with Crippen LogP contribution in [0.3, 0.4) is 0 Å². The Morgan fingerprint density at radius 1 is 0.963 bits per heavy atom. The summed E-state index contributed by atoms with van der Waals surface area (Å²) in [5.74, 6) is 1.55. The third-order valence-electron chi connectivity index (χ3n) is 3.94. The molecule has 27 heavy (non-hydrogen) atoms. The monoisotopic (exact) mass is 381 g/mol. The van der Waals surface area contributed by atoms with Crippen molar-refractivity contribution in [2.75, 3.05) is 5.32 Å². The molecule has 3 rings (SSSR count). The number of amides is 1. The Kier molecular flexibility index (Phi) is 5.99. The number of nitrogens with one attached hydrogen (secondary N) is 1. The Labute approximate surface area is 163 Å². The van der Waals surface area contributed by atoms with E-state index in [1.807, 2.05) is 61.5 Å². The van der Waals surface area contributed by atoms with Gasteiger partial charge < -0.3 is 14.8 Å². The van der Waals surface area contributed by atoms with Gasteiger partial charge in [-0.05, 0) is 55.8 Å². The van der Waals surface area contributed by atoms with Crippen LogP contribution in [0.25, 0.3) is 0 Å². The molecule has 0 bridgehead atoms. The second-order valence-corrected chi connectivity index (χ2v) is 6.51. The summed E-state index contributed by atoms with van der Waals surface area (Å²) in [4.78, 5) is 12.6. The number of benzene rings is 3. The van der Waals surface area contributed by atoms with Crippen molar-refractivity contribution in [3.8, 4) is 17.2 Å². The van der Waals surface area contributed by atoms with Gasteiger partial charge in [-0.25, -0.2) is 0 Å². The minimum absolute atomic E-state index is 0.293. The van der Waals surface area contributed by atoms with Crippen LogP contribution in [0.4, 0.5) is 5.69 Å². The fraction of sp³-hybridized carbons (Fsp3) is 0.136. The number of carbonyl (C=O) groups is 1. The van der Waals surface area contributed by atoms with Crippen LogP contribution in [0.15, 0.2) is 72.8 Å². The van der Waals surface area contributed by atoms with Gasteiger partial charge in [0.25, 0.3) is 5.91 Å². The van der Waals surface area contributed by atoms with Gasteiger partial charge in [-0.3, -0.25) is 4.79 Å². The van der Waals surface area contributed by atoms with E-state index >= 15 is 0 Å². The number of rotatable bonds is 6. The van der Waals surface area contributed by atoms with Crippen LogP contribution in [-0.2, 0) is 4.79 Å². The molecule has 0 aromatic heterocycles. The molecule has 1 atom stereocenters. The van der Waals surface area contributed by atoms with Gasteiger partial charge in [0.05, 0.1) is 5.69 Å². The SMILES string of the molecule is Cc1ccccc1O[C@@H](C)C(=O)Nc1cc(Cl)ccc1Oc1ccccc1. The average Bonchev–Trinajstić information content (AvgIpc) is 2.66. The quantitative estimate of drug-likeness (QED) is 0.582. The smallest absolute Gasteiger partial charge is 0.265 e. The Morgan fingerprint density at radius 2 is 1.67 bits per heavy atom. The average molecular weight is 382 g/mol. The summed E-state index contributed by atoms with van der Waals surface area (Å²) in [6.45, 7) is 3.63. The molecule has 0 saturated carbocycles. The summed E-state index contributed by atoms with van der Waals surface area (Å²) in [6, 6.07) is 22.0. The molecule has 1 amide bonds. The summed E-state index contributed by atoms with van der Waals surface area (Å²) < 4.78 is 11.6. The van der Waals surface area contributed by atoms with Crippen molar-refractivity contribution in [1.29, 1.82) is 0 Å². The number of para-hydroxylation sites is 2. The first-order chi connectivity index (χ1) is 13.0. The van der Waals surface area contributed by atoms with E-state index in [0.29, 0.717) is 28.0 Å². The van der Waals surface area contributed by atoms with Gasteiger partial charge in [0.1, 0.15) is 11.5 Å². The lowest BCUT2D eigenvalue weighted by molar-refractivity contribution is -0.122. The highest BCUT2D eigenvalue weighted by atomic mass is 35.5. The van der Waals surface area contributed by atoms with E-state index < -0.39 is 6.10 Å². The maximum Gasteiger partial charge on any atom is 0.265 e. The van der Waals surface area contributed by atoms with Crippen LogP contribution in [0.5, 0.6) is 17.2 Å². The zero-order valence-electron chi connectivity index (χ0n) is 15.1. The van der Waals surface area contributed by atoms with Gasteiger partial charge in [0, 0.05) is 5.02 Å². The number of anilines is 1. The van der Waals surface area contributed by atoms with E-state index in [1.54, 1.807) is 25.1 Å². The molecule has 138 valence electrons. The van der Waals surface area contributed by atoms with E-state index in [1.165, 1.54) is 0 Å². The van der Waals surface area contributed by atoms with E-state index in [-0.39, 0.29) is 5.91 Å². The Balaban J connectivity index is 1.75. The molecule has 0 heterocycles. The number of ether oxygens (including phenoxy) is 2. The highest BCUT2D eigenvalue weighted by molar-refractivity contribution is 6.31. The van der Waals surface area contributed by atoms with E-state index in [9.17, 15) is 4.79 Å². The topological polar surface area (TPSA) is 47.6 Å². The molecule has 0 radical (unpaired) electrons. The summed E-state index contributed by atoms with van der Waals surface area (Å²) in [7, 11) is 0. The highest BCUT2D eigenvalue weighted by Crippen LogP contribution is 2.32. The van der Waals surface area contributed by atoms with Gasteiger partial charge in [0.2, 0.25) is 0 Å². The van der Waals surface area contributed by atoms with Crippen LogP contribution < -0.4 is 14.8 Å². The van der Waals surface area contributed by atoms with E-state index in [4.69, 9.17) is 21.1 Å². The van der Waals surface area contributed by atoms with Gasteiger partial charge in [-0.1, -0.05) is 48.0 Å². The maximum absolute atomic E-state index is 12.6. The second kappa shape index (κ2) is 8.60. The molecule has 0 aliphatic heterocycles. The maximum atomic E-state index is 12.6. The van der Waals surface area contributed by atoms with E-state index in [2.05, 4.69) is 5.32 Å². The molecule has 0 aliphatic carbocycles. The first kappa shape index (κ1) is 18.8. The minimum Gasteiger partial charge on any atom is -0.481 e. The Morgan fingerprint density at radius 3 is 2.41 bits per heavy atom. The van der Waals surface area contributed by atoms with Gasteiger partial charge in [-0.2, -0.15) is 0 Å². The normalized spacial score (nSPS) is 11.5. The van der Waals surface area contributed by atoms with Gasteiger partial charge in [0.15, 0.2) is 11.9 Å². The number of halogens is 1. The molecule has 0 unspecified atom stereocenters. The van der Waals surface area contributed by atoms with Crippen molar-refractivity contribution in [3.05, 3.63) is 83.4 Å². The van der Waals surface area contributed by atoms with Crippen LogP contribution in [0.2, 0.25) is 5.02 Å². The predicted molar refractivity (Wildman–Crippen MR) is 108 cm³/mol. The second-order valence-electron chi connectivity index (χ2n) is 6.07. The summed E-state index contributed by atoms with van der Waals surface area (Å²) in [5, 5.41) is 3.34. The van der Waals surface area contributed by atoms with Crippen LogP contribution >= 0.6 is 11.6 Å². The lowest BCUT2D eigenvalue weighted by atomic mass is 10.2. The van der Waals surface area contributed by atoms with Crippen molar-refractivity contribution in [2.24, 2.45) is 0 Å². The summed E-state index contributed by atoms with van der Waals surface area (Å²) in [6.07, 6.45) is -0.686. The molecule has 1 N–H and O–H groups in total. The van der Waals surface area contributed by atoms with Crippen LogP contribution in [0, 0.1) is 6.92 Å². The third kappa shape index (κ3) is 5.02. The van der Waals surface area contributed by atoms with Gasteiger partial charge >= 0.3 is 0 Å². The predicted octanol–water partition coefficient (Wildman–Crippen LogP) is 5.85. The van der Waals surface area contributed by atoms with Crippen molar-refractivity contribution < 1.29 is 14.3 Å². The lowest BCUT2D eigenvalue weighted by Gasteiger charge is -2.18. The molecule has 0 saturated heterocycles. The highest BCUT2D eigenvalue weighted by Gasteiger charge is 2.18. The molecular weight excluding hydrogens is 362 g/mol. The Bertz CT molecular complexity index is 928. The lowest BCUT2D eigenvalue weighted by Crippen LogP contribution is -2.30. The molecule has 0 fully saturated rings. The molecule has 3 aromatic rings. The first-order valence-electron chi connectivity index (χ1n) is 8.58. The molecule has 3 aromatic carbocycles. The first-order valence-corrected chi connectivity index (χ1v) is 8.96. The zero-order chi connectivity index (χ0) is 19.2. The van der Waals surface area contributed by atoms with Crippen molar-refractivity contribution in [2.45, 2.75) is 20.0 Å². The molecular formula is C22H20ClNO3. The van der Waals surface area contributed by atoms with E-state index in [0.717, 1.165) is 5.56 Å².